The van der Waals surface area contributed by atoms with Crippen LogP contribution in [0.4, 0.5) is 4.39 Å². The first-order valence-electron chi connectivity index (χ1n) is 5.35. The summed E-state index contributed by atoms with van der Waals surface area (Å²) < 4.78 is 13.8. The zero-order valence-corrected chi connectivity index (χ0v) is 8.96. The first kappa shape index (κ1) is 10.0. The van der Waals surface area contributed by atoms with Crippen LogP contribution in [0.15, 0.2) is 24.4 Å². The number of Topliss-reactive ketones (excluding diaryl/α,β-unsaturated/α-hetero) is 1. The molecular weight excluding hydrogens is 219 g/mol. The number of aromatic nitrogens is 1. The van der Waals surface area contributed by atoms with E-state index in [0.29, 0.717) is 16.5 Å². The van der Waals surface area contributed by atoms with E-state index in [1.807, 2.05) is 0 Å². The Kier molecular flexibility index (Phi) is 1.87. The Hall–Kier alpha value is -2.15. The quantitative estimate of drug-likeness (QED) is 0.814. The number of hydrogen-bond donors (Lipinski definition) is 1. The van der Waals surface area contributed by atoms with E-state index in [-0.39, 0.29) is 24.4 Å². The van der Waals surface area contributed by atoms with Crippen LogP contribution in [-0.2, 0) is 10.2 Å². The van der Waals surface area contributed by atoms with E-state index >= 15 is 0 Å². The van der Waals surface area contributed by atoms with Crippen molar-refractivity contribution in [3.63, 3.8) is 0 Å². The third kappa shape index (κ3) is 1.22. The molecule has 3 rings (SSSR count). The Morgan fingerprint density at radius 1 is 1.41 bits per heavy atom. The number of nitrogens with zero attached hydrogens (tertiary/aromatic N) is 1. The summed E-state index contributed by atoms with van der Waals surface area (Å²) in [7, 11) is 0. The molecule has 0 bridgehead atoms. The molecule has 0 spiro atoms. The van der Waals surface area contributed by atoms with Crippen LogP contribution < -0.4 is 0 Å². The van der Waals surface area contributed by atoms with E-state index in [0.717, 1.165) is 0 Å². The van der Waals surface area contributed by atoms with Crippen LogP contribution in [0.2, 0.25) is 0 Å². The molecule has 3 nitrogen and oxygen atoms in total. The number of ketones is 1. The molecule has 0 atom stereocenters. The van der Waals surface area contributed by atoms with Crippen molar-refractivity contribution in [2.45, 2.75) is 18.3 Å². The van der Waals surface area contributed by atoms with Crippen molar-refractivity contribution in [2.75, 3.05) is 0 Å². The molecule has 0 aliphatic heterocycles. The van der Waals surface area contributed by atoms with Gasteiger partial charge in [0.25, 0.3) is 0 Å². The molecule has 1 aliphatic carbocycles. The predicted octanol–water partition coefficient (Wildman–Crippen LogP) is 2.43. The Morgan fingerprint density at radius 2 is 2.18 bits per heavy atom. The normalized spacial score (nSPS) is 17.8. The molecule has 0 saturated heterocycles. The zero-order valence-electron chi connectivity index (χ0n) is 8.96. The van der Waals surface area contributed by atoms with Crippen LogP contribution in [0.5, 0.6) is 0 Å². The van der Waals surface area contributed by atoms with Gasteiger partial charge in [-0.25, -0.2) is 4.39 Å². The number of rotatable bonds is 1. The second-order valence-corrected chi connectivity index (χ2v) is 4.45. The maximum absolute atomic E-state index is 13.8. The molecule has 1 fully saturated rings. The van der Waals surface area contributed by atoms with Gasteiger partial charge in [0.1, 0.15) is 11.6 Å². The van der Waals surface area contributed by atoms with E-state index in [1.54, 1.807) is 18.3 Å². The van der Waals surface area contributed by atoms with Gasteiger partial charge >= 0.3 is 0 Å². The summed E-state index contributed by atoms with van der Waals surface area (Å²) in [5, 5.41) is 9.67. The summed E-state index contributed by atoms with van der Waals surface area (Å²) in [6.07, 6.45) is 2.01. The number of benzene rings is 1. The van der Waals surface area contributed by atoms with Crippen LogP contribution in [0.3, 0.4) is 0 Å². The second kappa shape index (κ2) is 3.17. The fourth-order valence-corrected chi connectivity index (χ4v) is 2.47. The van der Waals surface area contributed by atoms with Crippen molar-refractivity contribution in [3.8, 4) is 6.07 Å². The number of H-pyrrole nitrogens is 1. The molecule has 1 aromatic carbocycles. The Labute approximate surface area is 96.9 Å². The fraction of sp³-hybridized carbons (Fsp3) is 0.231. The molecule has 1 saturated carbocycles. The number of aromatic amines is 1. The van der Waals surface area contributed by atoms with Crippen LogP contribution in [0.25, 0.3) is 10.9 Å². The third-order valence-electron chi connectivity index (χ3n) is 3.38. The largest absolute Gasteiger partial charge is 0.361 e. The number of carbonyl (C=O) groups is 1. The van der Waals surface area contributed by atoms with Gasteiger partial charge in [0.05, 0.1) is 11.5 Å². The zero-order chi connectivity index (χ0) is 12.0. The lowest BCUT2D eigenvalue weighted by atomic mass is 9.64. The molecule has 1 N–H and O–H groups in total. The number of nitrogens with one attached hydrogen (secondary N) is 1. The van der Waals surface area contributed by atoms with Crippen molar-refractivity contribution in [1.29, 1.82) is 5.26 Å². The highest BCUT2D eigenvalue weighted by molar-refractivity contribution is 5.94. The summed E-state index contributed by atoms with van der Waals surface area (Å²) in [6, 6.07) is 6.90. The van der Waals surface area contributed by atoms with Gasteiger partial charge in [-0.3, -0.25) is 4.79 Å². The molecule has 1 heterocycles. The van der Waals surface area contributed by atoms with Gasteiger partial charge in [-0.05, 0) is 12.1 Å². The monoisotopic (exact) mass is 228 g/mol. The number of hydrogen-bond acceptors (Lipinski definition) is 2. The van der Waals surface area contributed by atoms with Crippen molar-refractivity contribution >= 4 is 16.7 Å². The lowest BCUT2D eigenvalue weighted by molar-refractivity contribution is -0.126. The van der Waals surface area contributed by atoms with Crippen molar-refractivity contribution in [3.05, 3.63) is 35.8 Å². The smallest absolute Gasteiger partial charge is 0.136 e. The van der Waals surface area contributed by atoms with Crippen molar-refractivity contribution < 1.29 is 9.18 Å². The van der Waals surface area contributed by atoms with Gasteiger partial charge in [-0.2, -0.15) is 5.26 Å². The maximum atomic E-state index is 13.8. The fourth-order valence-electron chi connectivity index (χ4n) is 2.47. The minimum Gasteiger partial charge on any atom is -0.361 e. The second-order valence-electron chi connectivity index (χ2n) is 4.45. The molecule has 1 aromatic heterocycles. The lowest BCUT2D eigenvalue weighted by Crippen LogP contribution is -2.40. The minimum atomic E-state index is -0.836. The third-order valence-corrected chi connectivity index (χ3v) is 3.38. The van der Waals surface area contributed by atoms with E-state index in [2.05, 4.69) is 11.1 Å². The summed E-state index contributed by atoms with van der Waals surface area (Å²) in [4.78, 5) is 14.1. The Bertz CT molecular complexity index is 658. The molecule has 0 radical (unpaired) electrons. The van der Waals surface area contributed by atoms with Crippen LogP contribution in [0.1, 0.15) is 18.4 Å². The number of halogens is 1. The van der Waals surface area contributed by atoms with Crippen molar-refractivity contribution in [2.24, 2.45) is 0 Å². The van der Waals surface area contributed by atoms with Crippen LogP contribution >= 0.6 is 0 Å². The number of nitriles is 1. The van der Waals surface area contributed by atoms with Gasteiger partial charge in [0, 0.05) is 35.5 Å². The highest BCUT2D eigenvalue weighted by Crippen LogP contribution is 2.44. The standard InChI is InChI=1S/C13H9FN2O/c14-10-2-1-3-11-12(10)9(6-16-11)13(7-15)4-8(17)5-13/h1-3,6,16H,4-5H2. The van der Waals surface area contributed by atoms with Gasteiger partial charge in [-0.15, -0.1) is 0 Å². The van der Waals surface area contributed by atoms with E-state index < -0.39 is 5.41 Å². The summed E-state index contributed by atoms with van der Waals surface area (Å²) in [5.74, 6) is -0.301. The summed E-state index contributed by atoms with van der Waals surface area (Å²) in [6.45, 7) is 0. The average molecular weight is 228 g/mol. The highest BCUT2D eigenvalue weighted by atomic mass is 19.1. The van der Waals surface area contributed by atoms with Gasteiger partial charge in [-0.1, -0.05) is 6.07 Å². The molecular formula is C13H9FN2O. The topological polar surface area (TPSA) is 56.6 Å². The molecule has 0 amide bonds. The molecule has 17 heavy (non-hydrogen) atoms. The van der Waals surface area contributed by atoms with E-state index in [9.17, 15) is 14.4 Å². The maximum Gasteiger partial charge on any atom is 0.136 e. The lowest BCUT2D eigenvalue weighted by Gasteiger charge is -2.33. The minimum absolute atomic E-state index is 0.0530. The first-order valence-corrected chi connectivity index (χ1v) is 5.35. The van der Waals surface area contributed by atoms with Gasteiger partial charge < -0.3 is 4.98 Å². The Balaban J connectivity index is 2.25. The Morgan fingerprint density at radius 3 is 2.82 bits per heavy atom. The van der Waals surface area contributed by atoms with Gasteiger partial charge in [0.2, 0.25) is 0 Å². The highest BCUT2D eigenvalue weighted by Gasteiger charge is 2.47. The number of carbonyl (C=O) groups excluding carboxylic acids is 1. The van der Waals surface area contributed by atoms with Crippen LogP contribution in [-0.4, -0.2) is 10.8 Å². The summed E-state index contributed by atoms with van der Waals surface area (Å²) in [5.41, 5.74) is 0.430. The first-order chi connectivity index (χ1) is 8.16. The molecule has 2 aromatic rings. The predicted molar refractivity (Wildman–Crippen MR) is 59.8 cm³/mol. The molecule has 84 valence electrons. The molecule has 4 heteroatoms. The SMILES string of the molecule is N#CC1(c2c[nH]c3cccc(F)c23)CC(=O)C1. The van der Waals surface area contributed by atoms with Gasteiger partial charge in [0.15, 0.2) is 0 Å². The number of fused-ring (bicyclic) bond motifs is 1. The van der Waals surface area contributed by atoms with E-state index in [1.165, 1.54) is 6.07 Å². The van der Waals surface area contributed by atoms with E-state index in [4.69, 9.17) is 0 Å². The average Bonchev–Trinajstić information content (AvgIpc) is 2.70. The molecule has 0 unspecified atom stereocenters. The molecule has 1 aliphatic rings. The van der Waals surface area contributed by atoms with Crippen LogP contribution in [0, 0.1) is 17.1 Å². The summed E-state index contributed by atoms with van der Waals surface area (Å²) >= 11 is 0. The van der Waals surface area contributed by atoms with Crippen molar-refractivity contribution in [1.82, 2.24) is 4.98 Å².